The van der Waals surface area contributed by atoms with E-state index in [0.717, 1.165) is 0 Å². The number of fused-ring (bicyclic) bond motifs is 1. The number of anilines is 1. The zero-order valence-corrected chi connectivity index (χ0v) is 33.8. The molecule has 1 amide bonds. The number of aliphatic carboxylic acids is 1. The van der Waals surface area contributed by atoms with Crippen molar-refractivity contribution in [3.63, 3.8) is 0 Å². The fraction of sp³-hybridized carbons (Fsp3) is 0.476. The van der Waals surface area contributed by atoms with Gasteiger partial charge in [0, 0.05) is 67.4 Å². The van der Waals surface area contributed by atoms with Gasteiger partial charge >= 0.3 is 5.97 Å². The van der Waals surface area contributed by atoms with E-state index < -0.39 is 47.0 Å². The third-order valence-corrected chi connectivity index (χ3v) is 8.96. The Labute approximate surface area is 321 Å². The van der Waals surface area contributed by atoms with Gasteiger partial charge in [-0.2, -0.15) is 0 Å². The molecule has 0 spiro atoms. The van der Waals surface area contributed by atoms with Gasteiger partial charge in [-0.15, -0.1) is 0 Å². The first-order valence-electron chi connectivity index (χ1n) is 18.9. The van der Waals surface area contributed by atoms with E-state index in [2.05, 4.69) is 10.3 Å². The Morgan fingerprint density at radius 1 is 1.07 bits per heavy atom. The van der Waals surface area contributed by atoms with Crippen molar-refractivity contribution in [3.8, 4) is 11.1 Å². The molecule has 5 rings (SSSR count). The van der Waals surface area contributed by atoms with Gasteiger partial charge in [-0.1, -0.05) is 59.7 Å². The summed E-state index contributed by atoms with van der Waals surface area (Å²) < 4.78 is 65.8. The number of aromatic nitrogens is 2. The summed E-state index contributed by atoms with van der Waals surface area (Å²) in [4.78, 5) is 45.4. The number of ether oxygens (including phenoxy) is 1. The molecule has 0 aliphatic carbocycles. The molecule has 1 aliphatic rings. The van der Waals surface area contributed by atoms with Crippen molar-refractivity contribution in [2.24, 2.45) is 7.05 Å². The predicted octanol–water partition coefficient (Wildman–Crippen LogP) is 8.93. The van der Waals surface area contributed by atoms with Crippen LogP contribution in [0.25, 0.3) is 22.0 Å². The SMILES string of the molecule is CC.CC.CC.Cc1cc(N2CCOC[C@H]2CC(C)F)cc(F)c1C(=O)N[C@@H](Cc1ccc(-c2c(C(C)(F)F)cc(C)n(C)c2=O)c2ncccc12)C(=O)O. The second kappa shape index (κ2) is 20.8. The largest absolute Gasteiger partial charge is 0.480 e. The van der Waals surface area contributed by atoms with Crippen LogP contribution in [0.5, 0.6) is 0 Å². The lowest BCUT2D eigenvalue weighted by atomic mass is 9.91. The maximum absolute atomic E-state index is 15.6. The Hall–Kier alpha value is -4.78. The van der Waals surface area contributed by atoms with Crippen LogP contribution in [0.2, 0.25) is 0 Å². The first-order chi connectivity index (χ1) is 26.1. The average Bonchev–Trinajstić information content (AvgIpc) is 3.15. The number of rotatable bonds is 10. The molecule has 1 fully saturated rings. The van der Waals surface area contributed by atoms with E-state index in [-0.39, 0.29) is 53.3 Å². The minimum atomic E-state index is -3.35. The second-order valence-corrected chi connectivity index (χ2v) is 12.6. The van der Waals surface area contributed by atoms with Crippen LogP contribution in [-0.4, -0.2) is 64.5 Å². The van der Waals surface area contributed by atoms with Gasteiger partial charge < -0.3 is 24.6 Å². The Morgan fingerprint density at radius 3 is 2.31 bits per heavy atom. The van der Waals surface area contributed by atoms with Crippen LogP contribution >= 0.6 is 0 Å². The average molecular weight is 773 g/mol. The topological polar surface area (TPSA) is 114 Å². The third-order valence-electron chi connectivity index (χ3n) is 8.96. The van der Waals surface area contributed by atoms with Crippen LogP contribution in [0.3, 0.4) is 0 Å². The van der Waals surface area contributed by atoms with Crippen LogP contribution in [0, 0.1) is 19.7 Å². The molecule has 2 aromatic heterocycles. The number of hydrogen-bond donors (Lipinski definition) is 2. The number of benzene rings is 2. The minimum absolute atomic E-state index is 0.147. The van der Waals surface area contributed by atoms with Crippen LogP contribution < -0.4 is 15.8 Å². The molecule has 0 radical (unpaired) electrons. The van der Waals surface area contributed by atoms with Crippen LogP contribution in [-0.2, 0) is 28.9 Å². The maximum Gasteiger partial charge on any atom is 0.326 e. The molecule has 1 unspecified atom stereocenters. The highest BCUT2D eigenvalue weighted by molar-refractivity contribution is 5.99. The third kappa shape index (κ3) is 10.9. The zero-order chi connectivity index (χ0) is 41.8. The molecule has 13 heteroatoms. The predicted molar refractivity (Wildman–Crippen MR) is 212 cm³/mol. The van der Waals surface area contributed by atoms with Crippen LogP contribution in [0.15, 0.2) is 53.5 Å². The molecule has 0 saturated carbocycles. The lowest BCUT2D eigenvalue weighted by Crippen LogP contribution is -2.46. The zero-order valence-electron chi connectivity index (χ0n) is 33.8. The number of alkyl halides is 3. The molecule has 1 saturated heterocycles. The van der Waals surface area contributed by atoms with Crippen LogP contribution in [0.1, 0.15) is 94.6 Å². The van der Waals surface area contributed by atoms with Gasteiger partial charge in [0.25, 0.3) is 17.4 Å². The fourth-order valence-corrected chi connectivity index (χ4v) is 6.43. The van der Waals surface area contributed by atoms with E-state index in [1.807, 2.05) is 46.4 Å². The number of morpholine rings is 1. The van der Waals surface area contributed by atoms with Crippen LogP contribution in [0.4, 0.5) is 23.2 Å². The molecule has 302 valence electrons. The summed E-state index contributed by atoms with van der Waals surface area (Å²) in [5.41, 5.74) is 0.151. The highest BCUT2D eigenvalue weighted by Crippen LogP contribution is 2.37. The lowest BCUT2D eigenvalue weighted by Gasteiger charge is -2.38. The summed E-state index contributed by atoms with van der Waals surface area (Å²) in [6.45, 7) is 18.3. The van der Waals surface area contributed by atoms with Crippen molar-refractivity contribution in [1.29, 1.82) is 0 Å². The number of aryl methyl sites for hydroxylation is 2. The van der Waals surface area contributed by atoms with Crippen molar-refractivity contribution in [2.45, 2.75) is 106 Å². The molecule has 3 atom stereocenters. The first kappa shape index (κ1) is 46.4. The van der Waals surface area contributed by atoms with Gasteiger partial charge in [-0.3, -0.25) is 14.6 Å². The van der Waals surface area contributed by atoms with Crippen molar-refractivity contribution in [2.75, 3.05) is 24.7 Å². The highest BCUT2D eigenvalue weighted by Gasteiger charge is 2.33. The Morgan fingerprint density at radius 2 is 1.73 bits per heavy atom. The number of carbonyl (C=O) groups is 2. The summed E-state index contributed by atoms with van der Waals surface area (Å²) in [6, 6.07) is 8.36. The number of pyridine rings is 2. The number of halogens is 4. The quantitative estimate of drug-likeness (QED) is 0.155. The molecule has 0 bridgehead atoms. The molecule has 2 aromatic carbocycles. The summed E-state index contributed by atoms with van der Waals surface area (Å²) in [5, 5.41) is 12.9. The summed E-state index contributed by atoms with van der Waals surface area (Å²) in [7, 11) is 1.48. The number of amides is 1. The maximum atomic E-state index is 15.6. The van der Waals surface area contributed by atoms with Crippen molar-refractivity contribution in [1.82, 2.24) is 14.9 Å². The monoisotopic (exact) mass is 772 g/mol. The number of carboxylic acid groups (broad SMARTS) is 1. The molecule has 3 heterocycles. The lowest BCUT2D eigenvalue weighted by molar-refractivity contribution is -0.139. The standard InChI is InChI=1S/C36H38F4N4O5.3C2H6/c1-19-13-23(44-11-12-49-18-24(44)14-20(2)37)17-28(38)30(19)33(45)42-29(35(47)48)16-22-8-9-26(32-25(22)7-6-10-41-32)31-27(36(4,39)40)15-21(3)43(5)34(31)46;3*1-2/h6-10,13,15,17,20,24,29H,11-12,14,16,18H2,1-5H3,(H,42,45)(H,47,48);3*1-2H3/t20?,24-,29+;;;/m1.../s1. The number of nitrogens with zero attached hydrogens (tertiary/aromatic N) is 3. The number of nitrogens with one attached hydrogen (secondary N) is 1. The molecule has 2 N–H and O–H groups in total. The summed E-state index contributed by atoms with van der Waals surface area (Å²) in [6.07, 6.45) is 0.251. The van der Waals surface area contributed by atoms with Crippen molar-refractivity contribution in [3.05, 3.63) is 92.8 Å². The Kier molecular flexibility index (Phi) is 17.5. The second-order valence-electron chi connectivity index (χ2n) is 12.6. The van der Waals surface area contributed by atoms with E-state index in [0.29, 0.717) is 42.4 Å². The summed E-state index contributed by atoms with van der Waals surface area (Å²) >= 11 is 0. The van der Waals surface area contributed by atoms with E-state index in [1.165, 1.54) is 55.9 Å². The fourth-order valence-electron chi connectivity index (χ4n) is 6.43. The smallest absolute Gasteiger partial charge is 0.326 e. The van der Waals surface area contributed by atoms with E-state index >= 15 is 4.39 Å². The molecule has 9 nitrogen and oxygen atoms in total. The van der Waals surface area contributed by atoms with Crippen molar-refractivity contribution >= 4 is 28.5 Å². The van der Waals surface area contributed by atoms with Crippen molar-refractivity contribution < 1.29 is 37.0 Å². The Balaban J connectivity index is 0.00000166. The van der Waals surface area contributed by atoms with E-state index in [9.17, 15) is 32.7 Å². The van der Waals surface area contributed by atoms with E-state index in [4.69, 9.17) is 4.74 Å². The molecular weight excluding hydrogens is 716 g/mol. The van der Waals surface area contributed by atoms with Gasteiger partial charge in [0.1, 0.15) is 11.9 Å². The Bertz CT molecular complexity index is 1950. The molecule has 4 aromatic rings. The number of carbonyl (C=O) groups excluding carboxylic acids is 1. The van der Waals surface area contributed by atoms with Gasteiger partial charge in [0.15, 0.2) is 0 Å². The van der Waals surface area contributed by atoms with E-state index in [1.54, 1.807) is 25.1 Å². The molecule has 55 heavy (non-hydrogen) atoms. The first-order valence-corrected chi connectivity index (χ1v) is 18.9. The van der Waals surface area contributed by atoms with Gasteiger partial charge in [0.05, 0.1) is 42.1 Å². The molecular formula is C42H56F4N4O5. The number of carboxylic acids is 1. The van der Waals surface area contributed by atoms with Gasteiger partial charge in [0.2, 0.25) is 0 Å². The van der Waals surface area contributed by atoms with Gasteiger partial charge in [-0.25, -0.2) is 22.4 Å². The summed E-state index contributed by atoms with van der Waals surface area (Å²) in [5.74, 6) is -6.55. The highest BCUT2D eigenvalue weighted by atomic mass is 19.3. The number of hydrogen-bond acceptors (Lipinski definition) is 6. The minimum Gasteiger partial charge on any atom is -0.480 e. The normalized spacial score (nSPS) is 15.0. The van der Waals surface area contributed by atoms with Gasteiger partial charge in [-0.05, 0) is 56.2 Å². The molecule has 1 aliphatic heterocycles.